The minimum Gasteiger partial charge on any atom is -0.299 e. The van der Waals surface area contributed by atoms with Crippen molar-refractivity contribution in [2.45, 2.75) is 39.4 Å². The lowest BCUT2D eigenvalue weighted by Gasteiger charge is -2.08. The van der Waals surface area contributed by atoms with Crippen LogP contribution in [-0.2, 0) is 4.79 Å². The molecule has 1 aliphatic rings. The second kappa shape index (κ2) is 3.67. The Balaban J connectivity index is 2.64. The van der Waals surface area contributed by atoms with Gasteiger partial charge in [0.15, 0.2) is 0 Å². The SMILES string of the molecule is C[C@@H]1C(=O)CC[C@H]1C#C[Si](C)(C)C. The molecule has 1 nitrogen and oxygen atoms in total. The Morgan fingerprint density at radius 3 is 2.38 bits per heavy atom. The summed E-state index contributed by atoms with van der Waals surface area (Å²) in [4.78, 5) is 11.3. The molecule has 0 aromatic heterocycles. The lowest BCUT2D eigenvalue weighted by Crippen LogP contribution is -2.18. The summed E-state index contributed by atoms with van der Waals surface area (Å²) in [5.74, 6) is 4.22. The minimum absolute atomic E-state index is 0.184. The molecule has 1 saturated carbocycles. The van der Waals surface area contributed by atoms with E-state index in [0.717, 1.165) is 12.8 Å². The Kier molecular flexibility index (Phi) is 2.97. The second-order valence-electron chi connectivity index (χ2n) is 4.92. The summed E-state index contributed by atoms with van der Waals surface area (Å²) in [6.07, 6.45) is 1.73. The van der Waals surface area contributed by atoms with E-state index in [4.69, 9.17) is 0 Å². The topological polar surface area (TPSA) is 17.1 Å². The van der Waals surface area contributed by atoms with Crippen LogP contribution in [0, 0.1) is 23.3 Å². The van der Waals surface area contributed by atoms with Crippen molar-refractivity contribution in [1.82, 2.24) is 0 Å². The molecular weight excluding hydrogens is 176 g/mol. The Labute approximate surface area is 81.9 Å². The quantitative estimate of drug-likeness (QED) is 0.428. The number of hydrogen-bond donors (Lipinski definition) is 0. The summed E-state index contributed by atoms with van der Waals surface area (Å²) < 4.78 is 0. The molecule has 2 atom stereocenters. The molecule has 1 rings (SSSR count). The molecule has 0 radical (unpaired) electrons. The highest BCUT2D eigenvalue weighted by molar-refractivity contribution is 6.83. The molecule has 0 saturated heterocycles. The molecule has 1 fully saturated rings. The zero-order valence-corrected chi connectivity index (χ0v) is 9.98. The second-order valence-corrected chi connectivity index (χ2v) is 9.67. The summed E-state index contributed by atoms with van der Waals surface area (Å²) in [6, 6.07) is 0. The summed E-state index contributed by atoms with van der Waals surface area (Å²) in [5.41, 5.74) is 3.35. The lowest BCUT2D eigenvalue weighted by molar-refractivity contribution is -0.120. The van der Waals surface area contributed by atoms with Gasteiger partial charge in [0.05, 0.1) is 0 Å². The van der Waals surface area contributed by atoms with Gasteiger partial charge < -0.3 is 0 Å². The maximum absolute atomic E-state index is 11.3. The fourth-order valence-corrected chi connectivity index (χ4v) is 2.12. The zero-order chi connectivity index (χ0) is 10.1. The summed E-state index contributed by atoms with van der Waals surface area (Å²) in [7, 11) is -1.25. The van der Waals surface area contributed by atoms with Crippen LogP contribution < -0.4 is 0 Å². The third-order valence-electron chi connectivity index (χ3n) is 2.45. The molecule has 0 aromatic rings. The van der Waals surface area contributed by atoms with Crippen molar-refractivity contribution in [2.75, 3.05) is 0 Å². The van der Waals surface area contributed by atoms with Crippen molar-refractivity contribution in [3.63, 3.8) is 0 Å². The molecule has 0 spiro atoms. The van der Waals surface area contributed by atoms with Crippen molar-refractivity contribution in [3.05, 3.63) is 0 Å². The van der Waals surface area contributed by atoms with E-state index in [1.807, 2.05) is 6.92 Å². The standard InChI is InChI=1S/C11H18OSi/c1-9-10(5-6-11(9)12)7-8-13(2,3)4/h9-10H,5-6H2,1-4H3/t9-,10-/m0/s1. The van der Waals surface area contributed by atoms with Crippen LogP contribution in [0.1, 0.15) is 19.8 Å². The molecule has 13 heavy (non-hydrogen) atoms. The minimum atomic E-state index is -1.25. The molecular formula is C11H18OSi. The van der Waals surface area contributed by atoms with Crippen LogP contribution in [-0.4, -0.2) is 13.9 Å². The average molecular weight is 194 g/mol. The van der Waals surface area contributed by atoms with Gasteiger partial charge in [-0.05, 0) is 6.42 Å². The molecule has 0 bridgehead atoms. The third kappa shape index (κ3) is 3.00. The molecule has 0 N–H and O–H groups in total. The highest BCUT2D eigenvalue weighted by atomic mass is 28.3. The van der Waals surface area contributed by atoms with Crippen molar-refractivity contribution in [2.24, 2.45) is 11.8 Å². The average Bonchev–Trinajstić information content (AvgIpc) is 2.29. The first-order chi connectivity index (χ1) is 5.90. The van der Waals surface area contributed by atoms with Gasteiger partial charge in [0.2, 0.25) is 0 Å². The van der Waals surface area contributed by atoms with Crippen LogP contribution in [0.25, 0.3) is 0 Å². The Hall–Kier alpha value is -0.553. The van der Waals surface area contributed by atoms with E-state index < -0.39 is 8.07 Å². The third-order valence-corrected chi connectivity index (χ3v) is 3.34. The van der Waals surface area contributed by atoms with Crippen LogP contribution in [0.4, 0.5) is 0 Å². The molecule has 0 aliphatic heterocycles. The van der Waals surface area contributed by atoms with Gasteiger partial charge in [-0.15, -0.1) is 11.5 Å². The molecule has 0 amide bonds. The van der Waals surface area contributed by atoms with Gasteiger partial charge in [-0.25, -0.2) is 0 Å². The van der Waals surface area contributed by atoms with E-state index in [2.05, 4.69) is 31.1 Å². The van der Waals surface area contributed by atoms with Crippen LogP contribution in [0.5, 0.6) is 0 Å². The highest BCUT2D eigenvalue weighted by Gasteiger charge is 2.29. The number of hydrogen-bond acceptors (Lipinski definition) is 1. The summed E-state index contributed by atoms with van der Waals surface area (Å²) in [5, 5.41) is 0. The molecule has 2 heteroatoms. The van der Waals surface area contributed by atoms with Crippen molar-refractivity contribution >= 4 is 13.9 Å². The monoisotopic (exact) mass is 194 g/mol. The van der Waals surface area contributed by atoms with Gasteiger partial charge in [0, 0.05) is 18.3 Å². The Morgan fingerprint density at radius 2 is 2.00 bits per heavy atom. The number of Topliss-reactive ketones (excluding diaryl/α,β-unsaturated/α-hetero) is 1. The first kappa shape index (κ1) is 10.5. The van der Waals surface area contributed by atoms with Gasteiger partial charge in [-0.1, -0.05) is 26.6 Å². The number of rotatable bonds is 0. The van der Waals surface area contributed by atoms with Crippen LogP contribution in [0.3, 0.4) is 0 Å². The fraction of sp³-hybridized carbons (Fsp3) is 0.727. The fourth-order valence-electron chi connectivity index (χ4n) is 1.51. The van der Waals surface area contributed by atoms with Gasteiger partial charge >= 0.3 is 0 Å². The molecule has 0 aromatic carbocycles. The Morgan fingerprint density at radius 1 is 1.38 bits per heavy atom. The molecule has 0 heterocycles. The molecule has 72 valence electrons. The highest BCUT2D eigenvalue weighted by Crippen LogP contribution is 2.27. The Bertz CT molecular complexity index is 264. The zero-order valence-electron chi connectivity index (χ0n) is 8.98. The van der Waals surface area contributed by atoms with Crippen LogP contribution in [0.15, 0.2) is 0 Å². The van der Waals surface area contributed by atoms with E-state index in [1.165, 1.54) is 0 Å². The van der Waals surface area contributed by atoms with E-state index in [9.17, 15) is 4.79 Å². The number of carbonyl (C=O) groups is 1. The first-order valence-corrected chi connectivity index (χ1v) is 8.45. The van der Waals surface area contributed by atoms with E-state index in [0.29, 0.717) is 11.7 Å². The predicted molar refractivity (Wildman–Crippen MR) is 58.0 cm³/mol. The summed E-state index contributed by atoms with van der Waals surface area (Å²) >= 11 is 0. The van der Waals surface area contributed by atoms with Crippen molar-refractivity contribution in [1.29, 1.82) is 0 Å². The van der Waals surface area contributed by atoms with Gasteiger partial charge in [-0.2, -0.15) is 0 Å². The van der Waals surface area contributed by atoms with Crippen LogP contribution in [0.2, 0.25) is 19.6 Å². The summed E-state index contributed by atoms with van der Waals surface area (Å²) in [6.45, 7) is 8.73. The maximum Gasteiger partial charge on any atom is 0.136 e. The van der Waals surface area contributed by atoms with E-state index in [1.54, 1.807) is 0 Å². The first-order valence-electron chi connectivity index (χ1n) is 4.95. The maximum atomic E-state index is 11.3. The lowest BCUT2D eigenvalue weighted by atomic mass is 9.99. The van der Waals surface area contributed by atoms with E-state index in [-0.39, 0.29) is 5.92 Å². The van der Waals surface area contributed by atoms with Gasteiger partial charge in [0.1, 0.15) is 13.9 Å². The largest absolute Gasteiger partial charge is 0.299 e. The van der Waals surface area contributed by atoms with Gasteiger partial charge in [-0.3, -0.25) is 4.79 Å². The van der Waals surface area contributed by atoms with Crippen molar-refractivity contribution < 1.29 is 4.79 Å². The molecule has 1 aliphatic carbocycles. The smallest absolute Gasteiger partial charge is 0.136 e. The normalized spacial score (nSPS) is 28.5. The van der Waals surface area contributed by atoms with E-state index >= 15 is 0 Å². The number of carbonyl (C=O) groups excluding carboxylic acids is 1. The molecule has 0 unspecified atom stereocenters. The van der Waals surface area contributed by atoms with Crippen LogP contribution >= 0.6 is 0 Å². The van der Waals surface area contributed by atoms with Gasteiger partial charge in [0.25, 0.3) is 0 Å². The number of ketones is 1. The predicted octanol–water partition coefficient (Wildman–Crippen LogP) is 2.48. The van der Waals surface area contributed by atoms with Crippen molar-refractivity contribution in [3.8, 4) is 11.5 Å².